The molecular formula is C10H15NS. The van der Waals surface area contributed by atoms with E-state index in [0.29, 0.717) is 6.04 Å². The third kappa shape index (κ3) is 2.80. The molecule has 1 aromatic rings. The molecule has 0 aliphatic heterocycles. The largest absolute Gasteiger partial charge is 0.309 e. The van der Waals surface area contributed by atoms with Crippen LogP contribution in [0.1, 0.15) is 24.3 Å². The van der Waals surface area contributed by atoms with Gasteiger partial charge >= 0.3 is 0 Å². The molecule has 0 aliphatic rings. The third-order valence-corrected chi connectivity index (χ3v) is 2.82. The van der Waals surface area contributed by atoms with Gasteiger partial charge in [-0.05, 0) is 31.3 Å². The average molecular weight is 181 g/mol. The highest BCUT2D eigenvalue weighted by atomic mass is 32.1. The first-order chi connectivity index (χ1) is 5.84. The summed E-state index contributed by atoms with van der Waals surface area (Å²) in [5, 5.41) is 5.54. The van der Waals surface area contributed by atoms with E-state index < -0.39 is 0 Å². The van der Waals surface area contributed by atoms with Crippen LogP contribution in [0.5, 0.6) is 0 Å². The number of rotatable bonds is 5. The standard InChI is InChI=1S/C10H15NS/c1-3-4-7-11-9(2)10-6-5-8-12-10/h3,5-6,8-9,11H,1,4,7H2,2H3. The Balaban J connectivity index is 2.29. The summed E-state index contributed by atoms with van der Waals surface area (Å²) < 4.78 is 0. The first-order valence-corrected chi connectivity index (χ1v) is 5.10. The van der Waals surface area contributed by atoms with Crippen LogP contribution in [0.3, 0.4) is 0 Å². The van der Waals surface area contributed by atoms with Gasteiger partial charge in [-0.2, -0.15) is 0 Å². The van der Waals surface area contributed by atoms with Gasteiger partial charge in [0.15, 0.2) is 0 Å². The van der Waals surface area contributed by atoms with Crippen LogP contribution in [0.25, 0.3) is 0 Å². The molecule has 2 heteroatoms. The predicted octanol–water partition coefficient (Wildman–Crippen LogP) is 2.97. The van der Waals surface area contributed by atoms with E-state index in [0.717, 1.165) is 13.0 Å². The van der Waals surface area contributed by atoms with Gasteiger partial charge in [-0.25, -0.2) is 0 Å². The second-order valence-electron chi connectivity index (χ2n) is 2.77. The number of thiophene rings is 1. The summed E-state index contributed by atoms with van der Waals surface area (Å²) in [5.74, 6) is 0. The lowest BCUT2D eigenvalue weighted by Gasteiger charge is -2.10. The molecule has 0 spiro atoms. The Hall–Kier alpha value is -0.600. The zero-order chi connectivity index (χ0) is 8.81. The van der Waals surface area contributed by atoms with Crippen LogP contribution in [0.2, 0.25) is 0 Å². The van der Waals surface area contributed by atoms with Crippen molar-refractivity contribution in [2.75, 3.05) is 6.54 Å². The highest BCUT2D eigenvalue weighted by molar-refractivity contribution is 7.10. The highest BCUT2D eigenvalue weighted by Crippen LogP contribution is 2.17. The minimum Gasteiger partial charge on any atom is -0.309 e. The summed E-state index contributed by atoms with van der Waals surface area (Å²) in [6.45, 7) is 6.89. The van der Waals surface area contributed by atoms with Crippen LogP contribution >= 0.6 is 11.3 Å². The fraction of sp³-hybridized carbons (Fsp3) is 0.400. The fourth-order valence-electron chi connectivity index (χ4n) is 1.04. The lowest BCUT2D eigenvalue weighted by atomic mass is 10.2. The smallest absolute Gasteiger partial charge is 0.0386 e. The molecule has 0 fully saturated rings. The molecule has 1 N–H and O–H groups in total. The van der Waals surface area contributed by atoms with Crippen molar-refractivity contribution in [3.8, 4) is 0 Å². The van der Waals surface area contributed by atoms with Crippen molar-refractivity contribution >= 4 is 11.3 Å². The summed E-state index contributed by atoms with van der Waals surface area (Å²) in [7, 11) is 0. The van der Waals surface area contributed by atoms with Gasteiger partial charge in [0.1, 0.15) is 0 Å². The fourth-order valence-corrected chi connectivity index (χ4v) is 1.80. The molecule has 0 saturated heterocycles. The number of hydrogen-bond donors (Lipinski definition) is 1. The Bertz CT molecular complexity index is 216. The van der Waals surface area contributed by atoms with Gasteiger partial charge in [0, 0.05) is 10.9 Å². The normalized spacial score (nSPS) is 12.8. The van der Waals surface area contributed by atoms with Crippen molar-refractivity contribution in [1.29, 1.82) is 0 Å². The molecule has 12 heavy (non-hydrogen) atoms. The predicted molar refractivity (Wildman–Crippen MR) is 55.6 cm³/mol. The Morgan fingerprint density at radius 2 is 2.58 bits per heavy atom. The van der Waals surface area contributed by atoms with Crippen molar-refractivity contribution in [3.63, 3.8) is 0 Å². The van der Waals surface area contributed by atoms with E-state index in [1.807, 2.05) is 6.08 Å². The van der Waals surface area contributed by atoms with E-state index >= 15 is 0 Å². The van der Waals surface area contributed by atoms with Crippen molar-refractivity contribution in [3.05, 3.63) is 35.0 Å². The van der Waals surface area contributed by atoms with Crippen molar-refractivity contribution in [2.24, 2.45) is 0 Å². The molecule has 1 aromatic heterocycles. The van der Waals surface area contributed by atoms with Gasteiger partial charge in [-0.3, -0.25) is 0 Å². The summed E-state index contributed by atoms with van der Waals surface area (Å²) in [5.41, 5.74) is 0. The van der Waals surface area contributed by atoms with Gasteiger partial charge in [-0.15, -0.1) is 17.9 Å². The zero-order valence-electron chi connectivity index (χ0n) is 7.42. The molecular weight excluding hydrogens is 166 g/mol. The lowest BCUT2D eigenvalue weighted by molar-refractivity contribution is 0.589. The van der Waals surface area contributed by atoms with E-state index in [9.17, 15) is 0 Å². The minimum atomic E-state index is 0.477. The van der Waals surface area contributed by atoms with Crippen molar-refractivity contribution < 1.29 is 0 Å². The quantitative estimate of drug-likeness (QED) is 0.544. The maximum atomic E-state index is 3.68. The molecule has 66 valence electrons. The van der Waals surface area contributed by atoms with Crippen LogP contribution in [-0.2, 0) is 0 Å². The summed E-state index contributed by atoms with van der Waals surface area (Å²) >= 11 is 1.80. The zero-order valence-corrected chi connectivity index (χ0v) is 8.23. The Labute approximate surface area is 78.1 Å². The molecule has 0 bridgehead atoms. The van der Waals surface area contributed by atoms with Crippen LogP contribution in [0.15, 0.2) is 30.2 Å². The van der Waals surface area contributed by atoms with Crippen molar-refractivity contribution in [2.45, 2.75) is 19.4 Å². The molecule has 0 amide bonds. The maximum absolute atomic E-state index is 3.68. The molecule has 1 nitrogen and oxygen atoms in total. The number of hydrogen-bond acceptors (Lipinski definition) is 2. The SMILES string of the molecule is C=CCCNC(C)c1cccs1. The molecule has 0 radical (unpaired) electrons. The van der Waals surface area contributed by atoms with E-state index in [2.05, 4.69) is 36.3 Å². The molecule has 1 unspecified atom stereocenters. The summed E-state index contributed by atoms with van der Waals surface area (Å²) in [6, 6.07) is 4.73. The van der Waals surface area contributed by atoms with Crippen LogP contribution in [0, 0.1) is 0 Å². The van der Waals surface area contributed by atoms with Crippen LogP contribution < -0.4 is 5.32 Å². The minimum absolute atomic E-state index is 0.477. The molecule has 0 aromatic carbocycles. The van der Waals surface area contributed by atoms with Gasteiger partial charge in [0.25, 0.3) is 0 Å². The molecule has 0 aliphatic carbocycles. The first-order valence-electron chi connectivity index (χ1n) is 4.22. The highest BCUT2D eigenvalue weighted by Gasteiger charge is 2.03. The molecule has 1 heterocycles. The van der Waals surface area contributed by atoms with Gasteiger partial charge in [0.05, 0.1) is 0 Å². The average Bonchev–Trinajstić information content (AvgIpc) is 2.56. The lowest BCUT2D eigenvalue weighted by Crippen LogP contribution is -2.18. The second kappa shape index (κ2) is 5.12. The van der Waals surface area contributed by atoms with E-state index in [1.54, 1.807) is 11.3 Å². The molecule has 0 saturated carbocycles. The van der Waals surface area contributed by atoms with Crippen LogP contribution in [0.4, 0.5) is 0 Å². The Morgan fingerprint density at radius 1 is 1.75 bits per heavy atom. The summed E-state index contributed by atoms with van der Waals surface area (Å²) in [6.07, 6.45) is 2.98. The van der Waals surface area contributed by atoms with Gasteiger partial charge in [0.2, 0.25) is 0 Å². The van der Waals surface area contributed by atoms with E-state index in [1.165, 1.54) is 4.88 Å². The topological polar surface area (TPSA) is 12.0 Å². The van der Waals surface area contributed by atoms with Gasteiger partial charge in [-0.1, -0.05) is 12.1 Å². The monoisotopic (exact) mass is 181 g/mol. The van der Waals surface area contributed by atoms with Gasteiger partial charge < -0.3 is 5.32 Å². The summed E-state index contributed by atoms with van der Waals surface area (Å²) in [4.78, 5) is 1.40. The van der Waals surface area contributed by atoms with E-state index in [4.69, 9.17) is 0 Å². The first kappa shape index (κ1) is 9.49. The van der Waals surface area contributed by atoms with E-state index in [-0.39, 0.29) is 0 Å². The van der Waals surface area contributed by atoms with Crippen molar-refractivity contribution in [1.82, 2.24) is 5.32 Å². The Kier molecular flexibility index (Phi) is 4.05. The molecule has 1 rings (SSSR count). The Morgan fingerprint density at radius 3 is 3.17 bits per heavy atom. The number of nitrogens with one attached hydrogen (secondary N) is 1. The second-order valence-corrected chi connectivity index (χ2v) is 3.75. The maximum Gasteiger partial charge on any atom is 0.0386 e. The third-order valence-electron chi connectivity index (χ3n) is 1.77. The van der Waals surface area contributed by atoms with Crippen LogP contribution in [-0.4, -0.2) is 6.54 Å². The molecule has 1 atom stereocenters.